The molecule has 4 aliphatic heterocycles. The maximum atomic E-state index is 12.2. The summed E-state index contributed by atoms with van der Waals surface area (Å²) in [6.45, 7) is 7.08. The molecule has 6 atom stereocenters. The number of carboxylic acid groups (broad SMARTS) is 2. The quantitative estimate of drug-likeness (QED) is 0.247. The Morgan fingerprint density at radius 1 is 0.660 bits per heavy atom. The van der Waals surface area contributed by atoms with E-state index in [1.165, 1.54) is 33.3 Å². The van der Waals surface area contributed by atoms with Crippen LogP contribution in [0.3, 0.4) is 0 Å². The predicted molar refractivity (Wildman–Crippen MR) is 172 cm³/mol. The number of nitrogens with zero attached hydrogens (tertiary/aromatic N) is 2. The van der Waals surface area contributed by atoms with Crippen LogP contribution in [0.1, 0.15) is 38.8 Å². The van der Waals surface area contributed by atoms with E-state index in [2.05, 4.69) is 10.6 Å². The largest absolute Gasteiger partial charge is 2.00 e. The van der Waals surface area contributed by atoms with Gasteiger partial charge in [-0.05, 0) is 38.8 Å². The Kier molecular flexibility index (Phi) is 11.3. The fourth-order valence-corrected chi connectivity index (χ4v) is 9.51. The first-order valence-corrected chi connectivity index (χ1v) is 16.5. The number of aliphatic carboxylic acids is 2. The zero-order valence-corrected chi connectivity index (χ0v) is 30.2. The molecular weight excluding hydrogens is 673 g/mol. The SMILES string of the molecule is CC1(C)SC2C(NC(=O)Cc3ccccc3)C(=O)N2C1C(=O)[O-].CC1(C)SC2C(NC(=O)Cc3ccccc3)C(=O)N2C1C(=O)[O-].[Ca+2]. The summed E-state index contributed by atoms with van der Waals surface area (Å²) in [6, 6.07) is 15.2. The van der Waals surface area contributed by atoms with Gasteiger partial charge in [0.1, 0.15) is 22.8 Å². The van der Waals surface area contributed by atoms with Crippen molar-refractivity contribution in [2.45, 2.75) is 84.9 Å². The number of carbonyl (C=O) groups is 6. The van der Waals surface area contributed by atoms with Gasteiger partial charge in [-0.3, -0.25) is 19.2 Å². The molecule has 0 aliphatic carbocycles. The van der Waals surface area contributed by atoms with Crippen LogP contribution in [-0.2, 0) is 41.6 Å². The van der Waals surface area contributed by atoms with Crippen LogP contribution < -0.4 is 20.8 Å². The van der Waals surface area contributed by atoms with E-state index in [1.807, 2.05) is 60.7 Å². The van der Waals surface area contributed by atoms with Crippen LogP contribution >= 0.6 is 23.5 Å². The van der Waals surface area contributed by atoms with Gasteiger partial charge in [-0.15, -0.1) is 23.5 Å². The van der Waals surface area contributed by atoms with Crippen LogP contribution in [0.2, 0.25) is 0 Å². The molecule has 4 heterocycles. The molecule has 2 N–H and O–H groups in total. The summed E-state index contributed by atoms with van der Waals surface area (Å²) < 4.78 is -1.28. The smallest absolute Gasteiger partial charge is 0.548 e. The molecule has 4 amide bonds. The summed E-state index contributed by atoms with van der Waals surface area (Å²) in [5, 5.41) is 27.4. The van der Waals surface area contributed by atoms with Crippen molar-refractivity contribution < 1.29 is 39.0 Å². The summed E-state index contributed by atoms with van der Waals surface area (Å²) in [4.78, 5) is 74.0. The number of hydrogen-bond acceptors (Lipinski definition) is 10. The number of β-lactam (4-membered cyclic amide) rings is 2. The molecule has 4 saturated heterocycles. The van der Waals surface area contributed by atoms with Crippen LogP contribution in [-0.4, -0.2) is 128 Å². The van der Waals surface area contributed by atoms with Gasteiger partial charge in [-0.1, -0.05) is 60.7 Å². The van der Waals surface area contributed by atoms with E-state index in [0.717, 1.165) is 11.1 Å². The van der Waals surface area contributed by atoms with Gasteiger partial charge >= 0.3 is 37.7 Å². The third-order valence-corrected chi connectivity index (χ3v) is 11.5. The molecule has 0 radical (unpaired) electrons. The average Bonchev–Trinajstić information content (AvgIpc) is 3.40. The van der Waals surface area contributed by atoms with Crippen molar-refractivity contribution in [3.8, 4) is 0 Å². The summed E-state index contributed by atoms with van der Waals surface area (Å²) in [5.74, 6) is -3.72. The van der Waals surface area contributed by atoms with Gasteiger partial charge < -0.3 is 40.2 Å². The first-order chi connectivity index (χ1) is 21.6. The Hall–Kier alpha value is -2.78. The summed E-state index contributed by atoms with van der Waals surface area (Å²) in [5.41, 5.74) is 1.72. The molecule has 244 valence electrons. The van der Waals surface area contributed by atoms with Crippen molar-refractivity contribution in [2.75, 3.05) is 0 Å². The third kappa shape index (κ3) is 7.46. The van der Waals surface area contributed by atoms with Crippen molar-refractivity contribution >= 4 is 96.8 Å². The minimum absolute atomic E-state index is 0. The Bertz CT molecular complexity index is 1450. The second-order valence-corrected chi connectivity index (χ2v) is 16.1. The number of benzene rings is 2. The maximum Gasteiger partial charge on any atom is 2.00 e. The fourth-order valence-electron chi connectivity index (χ4n) is 6.26. The average molecular weight is 707 g/mol. The van der Waals surface area contributed by atoms with E-state index >= 15 is 0 Å². The van der Waals surface area contributed by atoms with E-state index in [-0.39, 0.29) is 85.0 Å². The molecule has 0 spiro atoms. The van der Waals surface area contributed by atoms with Gasteiger partial charge in [0, 0.05) is 9.49 Å². The summed E-state index contributed by atoms with van der Waals surface area (Å²) in [6.07, 6.45) is 0.380. The molecule has 6 rings (SSSR count). The van der Waals surface area contributed by atoms with E-state index in [9.17, 15) is 39.0 Å². The van der Waals surface area contributed by atoms with Gasteiger partial charge in [0.15, 0.2) is 0 Å². The topological polar surface area (TPSA) is 179 Å². The number of fused-ring (bicyclic) bond motifs is 2. The molecule has 0 aromatic heterocycles. The second kappa shape index (κ2) is 14.4. The minimum atomic E-state index is -1.26. The number of amides is 4. The molecule has 47 heavy (non-hydrogen) atoms. The number of rotatable bonds is 8. The molecule has 0 bridgehead atoms. The van der Waals surface area contributed by atoms with Crippen LogP contribution in [0.5, 0.6) is 0 Å². The van der Waals surface area contributed by atoms with Gasteiger partial charge in [0.25, 0.3) is 0 Å². The first kappa shape index (κ1) is 37.0. The number of hydrogen-bond donors (Lipinski definition) is 2. The van der Waals surface area contributed by atoms with Crippen molar-refractivity contribution in [1.29, 1.82) is 0 Å². The Labute approximate surface area is 310 Å². The molecule has 12 nitrogen and oxygen atoms in total. The van der Waals surface area contributed by atoms with Gasteiger partial charge in [0.05, 0.1) is 36.9 Å². The number of carboxylic acids is 2. The van der Waals surface area contributed by atoms with E-state index in [1.54, 1.807) is 27.7 Å². The van der Waals surface area contributed by atoms with E-state index in [4.69, 9.17) is 0 Å². The second-order valence-electron chi connectivity index (χ2n) is 12.6. The molecule has 4 aliphatic rings. The normalized spacial score (nSPS) is 27.4. The standard InChI is InChI=1S/2C16H18N2O4S.Ca/c2*1-16(2)12(15(21)22)18-13(20)11(14(18)23-16)17-10(19)8-9-6-4-3-5-7-9;/h2*3-7,11-12,14H,8H2,1-2H3,(H,17,19)(H,21,22);/q;;+2/p-2. The first-order valence-electron chi connectivity index (χ1n) is 14.7. The zero-order chi connectivity index (χ0) is 33.6. The molecule has 2 aromatic carbocycles. The predicted octanol–water partition coefficient (Wildman–Crippen LogP) is -1.33. The fraction of sp³-hybridized carbons (Fsp3) is 0.438. The molecular formula is C32H34CaN4O8S2. The number of nitrogens with one attached hydrogen (secondary N) is 2. The Balaban J connectivity index is 0.000000208. The van der Waals surface area contributed by atoms with E-state index in [0.29, 0.717) is 0 Å². The number of thioether (sulfide) groups is 2. The summed E-state index contributed by atoms with van der Waals surface area (Å²) >= 11 is 2.77. The molecule has 2 aromatic rings. The van der Waals surface area contributed by atoms with E-state index < -0.39 is 45.6 Å². The molecule has 6 unspecified atom stereocenters. The van der Waals surface area contributed by atoms with Crippen molar-refractivity contribution in [3.63, 3.8) is 0 Å². The van der Waals surface area contributed by atoms with Gasteiger partial charge in [-0.2, -0.15) is 0 Å². The molecule has 4 fully saturated rings. The van der Waals surface area contributed by atoms with Gasteiger partial charge in [0.2, 0.25) is 23.6 Å². The minimum Gasteiger partial charge on any atom is -0.548 e. The number of carbonyl (C=O) groups excluding carboxylic acids is 6. The Morgan fingerprint density at radius 2 is 0.979 bits per heavy atom. The monoisotopic (exact) mass is 706 g/mol. The molecule has 15 heteroatoms. The third-order valence-electron chi connectivity index (χ3n) is 8.38. The van der Waals surface area contributed by atoms with Crippen LogP contribution in [0.4, 0.5) is 0 Å². The van der Waals surface area contributed by atoms with Crippen molar-refractivity contribution in [2.24, 2.45) is 0 Å². The summed E-state index contributed by atoms with van der Waals surface area (Å²) in [7, 11) is 0. The molecule has 0 saturated carbocycles. The van der Waals surface area contributed by atoms with Gasteiger partial charge in [-0.25, -0.2) is 0 Å². The van der Waals surface area contributed by atoms with Crippen LogP contribution in [0.25, 0.3) is 0 Å². The Morgan fingerprint density at radius 3 is 1.28 bits per heavy atom. The van der Waals surface area contributed by atoms with Crippen molar-refractivity contribution in [1.82, 2.24) is 20.4 Å². The zero-order valence-electron chi connectivity index (χ0n) is 26.3. The van der Waals surface area contributed by atoms with Crippen LogP contribution in [0, 0.1) is 0 Å². The van der Waals surface area contributed by atoms with Crippen molar-refractivity contribution in [3.05, 3.63) is 71.8 Å². The van der Waals surface area contributed by atoms with Crippen LogP contribution in [0.15, 0.2) is 60.7 Å². The maximum absolute atomic E-state index is 12.2.